The van der Waals surface area contributed by atoms with Crippen molar-refractivity contribution in [2.24, 2.45) is 0 Å². The molecule has 0 spiro atoms. The summed E-state index contributed by atoms with van der Waals surface area (Å²) in [5.74, 6) is 1.65. The third-order valence-electron chi connectivity index (χ3n) is 4.35. The third-order valence-corrected chi connectivity index (χ3v) is 4.35. The molecule has 2 aromatic rings. The van der Waals surface area contributed by atoms with Crippen LogP contribution < -0.4 is 14.8 Å². The van der Waals surface area contributed by atoms with E-state index in [1.54, 1.807) is 29.2 Å². The van der Waals surface area contributed by atoms with E-state index in [0.717, 1.165) is 31.7 Å². The van der Waals surface area contributed by atoms with Crippen LogP contribution >= 0.6 is 0 Å². The molecule has 142 valence electrons. The van der Waals surface area contributed by atoms with Crippen molar-refractivity contribution in [2.45, 2.75) is 19.8 Å². The summed E-state index contributed by atoms with van der Waals surface area (Å²) in [6.45, 7) is 3.47. The molecule has 1 saturated heterocycles. The predicted octanol–water partition coefficient (Wildman–Crippen LogP) is 2.90. The Morgan fingerprint density at radius 1 is 0.926 bits per heavy atom. The number of aryl methyl sites for hydroxylation is 1. The molecule has 1 heterocycles. The summed E-state index contributed by atoms with van der Waals surface area (Å²) in [7, 11) is 0. The highest BCUT2D eigenvalue weighted by molar-refractivity contribution is 5.85. The lowest BCUT2D eigenvalue weighted by Crippen LogP contribution is -2.40. The number of ether oxygens (including phenoxy) is 2. The molecule has 0 saturated carbocycles. The van der Waals surface area contributed by atoms with Gasteiger partial charge in [-0.05, 0) is 56.2 Å². The van der Waals surface area contributed by atoms with E-state index in [2.05, 4.69) is 5.32 Å². The van der Waals surface area contributed by atoms with Crippen LogP contribution in [-0.2, 0) is 9.59 Å². The molecule has 0 atom stereocenters. The molecule has 0 unspecified atom stereocenters. The first-order chi connectivity index (χ1) is 13.1. The van der Waals surface area contributed by atoms with Crippen molar-refractivity contribution in [3.05, 3.63) is 54.1 Å². The molecule has 2 amide bonds. The van der Waals surface area contributed by atoms with Gasteiger partial charge >= 0.3 is 0 Å². The van der Waals surface area contributed by atoms with Gasteiger partial charge in [0.2, 0.25) is 5.91 Å². The topological polar surface area (TPSA) is 67.9 Å². The summed E-state index contributed by atoms with van der Waals surface area (Å²) in [6.07, 6.45) is 2.07. The van der Waals surface area contributed by atoms with Crippen molar-refractivity contribution >= 4 is 11.8 Å². The van der Waals surface area contributed by atoms with Crippen molar-refractivity contribution in [1.82, 2.24) is 10.2 Å². The van der Waals surface area contributed by atoms with Crippen LogP contribution in [0.3, 0.4) is 0 Å². The molecule has 1 fully saturated rings. The number of hydrogen-bond donors (Lipinski definition) is 1. The second-order valence-electron chi connectivity index (χ2n) is 6.54. The van der Waals surface area contributed by atoms with Gasteiger partial charge < -0.3 is 19.7 Å². The average Bonchev–Trinajstić information content (AvgIpc) is 3.22. The van der Waals surface area contributed by atoms with Crippen LogP contribution in [0.25, 0.3) is 0 Å². The fraction of sp³-hybridized carbons (Fsp3) is 0.333. The number of nitrogens with zero attached hydrogens (tertiary/aromatic N) is 1. The Labute approximate surface area is 159 Å². The number of nitrogens with one attached hydrogen (secondary N) is 1. The SMILES string of the molecule is Cc1ccc(Oc2ccc(OCC(=O)NCC(=O)N3CCCC3)cc2)cc1. The Morgan fingerprint density at radius 2 is 1.48 bits per heavy atom. The molecular weight excluding hydrogens is 344 g/mol. The lowest BCUT2D eigenvalue weighted by atomic mass is 10.2. The van der Waals surface area contributed by atoms with Gasteiger partial charge in [0.05, 0.1) is 6.54 Å². The van der Waals surface area contributed by atoms with Gasteiger partial charge in [0.25, 0.3) is 5.91 Å². The molecule has 0 radical (unpaired) electrons. The summed E-state index contributed by atoms with van der Waals surface area (Å²) in [5.41, 5.74) is 1.17. The van der Waals surface area contributed by atoms with Gasteiger partial charge in [0, 0.05) is 13.1 Å². The van der Waals surface area contributed by atoms with Crippen molar-refractivity contribution in [2.75, 3.05) is 26.2 Å². The molecule has 27 heavy (non-hydrogen) atoms. The fourth-order valence-electron chi connectivity index (χ4n) is 2.80. The molecule has 1 aliphatic rings. The molecule has 6 heteroatoms. The fourth-order valence-corrected chi connectivity index (χ4v) is 2.80. The van der Waals surface area contributed by atoms with Gasteiger partial charge in [-0.3, -0.25) is 9.59 Å². The zero-order valence-electron chi connectivity index (χ0n) is 15.4. The normalized spacial score (nSPS) is 13.3. The molecule has 2 aromatic carbocycles. The number of likely N-dealkylation sites (tertiary alicyclic amines) is 1. The molecule has 1 N–H and O–H groups in total. The van der Waals surface area contributed by atoms with E-state index in [-0.39, 0.29) is 25.0 Å². The van der Waals surface area contributed by atoms with E-state index >= 15 is 0 Å². The molecule has 3 rings (SSSR count). The monoisotopic (exact) mass is 368 g/mol. The first-order valence-electron chi connectivity index (χ1n) is 9.12. The average molecular weight is 368 g/mol. The number of rotatable bonds is 7. The van der Waals surface area contributed by atoms with E-state index in [4.69, 9.17) is 9.47 Å². The highest BCUT2D eigenvalue weighted by atomic mass is 16.5. The summed E-state index contributed by atoms with van der Waals surface area (Å²) in [5, 5.41) is 2.60. The molecule has 6 nitrogen and oxygen atoms in total. The Hall–Kier alpha value is -3.02. The maximum Gasteiger partial charge on any atom is 0.258 e. The predicted molar refractivity (Wildman–Crippen MR) is 102 cm³/mol. The highest BCUT2D eigenvalue weighted by Crippen LogP contribution is 2.24. The van der Waals surface area contributed by atoms with E-state index in [0.29, 0.717) is 11.5 Å². The Bertz CT molecular complexity index is 766. The Morgan fingerprint density at radius 3 is 2.11 bits per heavy atom. The summed E-state index contributed by atoms with van der Waals surface area (Å²) in [6, 6.07) is 14.8. The summed E-state index contributed by atoms with van der Waals surface area (Å²) < 4.78 is 11.2. The number of amides is 2. The smallest absolute Gasteiger partial charge is 0.258 e. The van der Waals surface area contributed by atoms with E-state index in [1.165, 1.54) is 5.56 Å². The second-order valence-corrected chi connectivity index (χ2v) is 6.54. The zero-order valence-corrected chi connectivity index (χ0v) is 15.4. The second kappa shape index (κ2) is 9.07. The van der Waals surface area contributed by atoms with Gasteiger partial charge in [-0.25, -0.2) is 0 Å². The molecule has 0 bridgehead atoms. The zero-order chi connectivity index (χ0) is 19.1. The Balaban J connectivity index is 1.40. The Kier molecular flexibility index (Phi) is 6.30. The molecule has 0 aliphatic carbocycles. The van der Waals surface area contributed by atoms with Gasteiger partial charge in [-0.15, -0.1) is 0 Å². The minimum Gasteiger partial charge on any atom is -0.484 e. The van der Waals surface area contributed by atoms with Crippen molar-refractivity contribution in [1.29, 1.82) is 0 Å². The van der Waals surface area contributed by atoms with Gasteiger partial charge in [-0.1, -0.05) is 17.7 Å². The van der Waals surface area contributed by atoms with Gasteiger partial charge in [0.1, 0.15) is 17.2 Å². The minimum absolute atomic E-state index is 0.0194. The maximum atomic E-state index is 11.9. The maximum absolute atomic E-state index is 11.9. The molecule has 1 aliphatic heterocycles. The first-order valence-corrected chi connectivity index (χ1v) is 9.12. The van der Waals surface area contributed by atoms with Crippen LogP contribution in [0.1, 0.15) is 18.4 Å². The summed E-state index contributed by atoms with van der Waals surface area (Å²) in [4.78, 5) is 25.5. The van der Waals surface area contributed by atoms with Crippen molar-refractivity contribution in [3.63, 3.8) is 0 Å². The van der Waals surface area contributed by atoms with Crippen LogP contribution in [0.5, 0.6) is 17.2 Å². The number of hydrogen-bond acceptors (Lipinski definition) is 4. The standard InChI is InChI=1S/C21H24N2O4/c1-16-4-6-18(7-5-16)27-19-10-8-17(9-11-19)26-15-20(24)22-14-21(25)23-12-2-3-13-23/h4-11H,2-3,12-15H2,1H3,(H,22,24). The van der Waals surface area contributed by atoms with Crippen LogP contribution in [0.2, 0.25) is 0 Å². The van der Waals surface area contributed by atoms with E-state index < -0.39 is 0 Å². The number of carbonyl (C=O) groups excluding carboxylic acids is 2. The van der Waals surface area contributed by atoms with Crippen LogP contribution in [0.15, 0.2) is 48.5 Å². The molecular formula is C21H24N2O4. The van der Waals surface area contributed by atoms with Crippen LogP contribution in [-0.4, -0.2) is 43.0 Å². The largest absolute Gasteiger partial charge is 0.484 e. The van der Waals surface area contributed by atoms with E-state index in [9.17, 15) is 9.59 Å². The van der Waals surface area contributed by atoms with Crippen molar-refractivity contribution in [3.8, 4) is 17.2 Å². The number of benzene rings is 2. The van der Waals surface area contributed by atoms with Crippen LogP contribution in [0, 0.1) is 6.92 Å². The van der Waals surface area contributed by atoms with Crippen LogP contribution in [0.4, 0.5) is 0 Å². The lowest BCUT2D eigenvalue weighted by Gasteiger charge is -2.15. The highest BCUT2D eigenvalue weighted by Gasteiger charge is 2.18. The van der Waals surface area contributed by atoms with Gasteiger partial charge in [0.15, 0.2) is 6.61 Å². The van der Waals surface area contributed by atoms with Crippen molar-refractivity contribution < 1.29 is 19.1 Å². The molecule has 0 aromatic heterocycles. The minimum atomic E-state index is -0.317. The quantitative estimate of drug-likeness (QED) is 0.816. The lowest BCUT2D eigenvalue weighted by molar-refractivity contribution is -0.132. The van der Waals surface area contributed by atoms with E-state index in [1.807, 2.05) is 31.2 Å². The van der Waals surface area contributed by atoms with Gasteiger partial charge in [-0.2, -0.15) is 0 Å². The first kappa shape index (κ1) is 18.8. The number of carbonyl (C=O) groups is 2. The third kappa shape index (κ3) is 5.74. The summed E-state index contributed by atoms with van der Waals surface area (Å²) >= 11 is 0.